The summed E-state index contributed by atoms with van der Waals surface area (Å²) in [7, 11) is -3.05. The van der Waals surface area contributed by atoms with Gasteiger partial charge in [0.15, 0.2) is 0 Å². The van der Waals surface area contributed by atoms with Crippen molar-refractivity contribution in [2.75, 3.05) is 23.8 Å². The molecule has 0 saturated carbocycles. The number of aliphatic hydroxyl groups excluding tert-OH is 1. The predicted octanol–water partition coefficient (Wildman–Crippen LogP) is 3.91. The first kappa shape index (κ1) is 26.3. The van der Waals surface area contributed by atoms with Crippen LogP contribution in [0.25, 0.3) is 0 Å². The molecule has 0 bridgehead atoms. The molecule has 0 aliphatic rings. The largest absolute Gasteiger partial charge is 0.573 e. The van der Waals surface area contributed by atoms with Gasteiger partial charge in [0.25, 0.3) is 10.0 Å². The Morgan fingerprint density at radius 1 is 1.09 bits per heavy atom. The third-order valence-electron chi connectivity index (χ3n) is 4.72. The van der Waals surface area contributed by atoms with Crippen molar-refractivity contribution in [1.29, 1.82) is 0 Å². The van der Waals surface area contributed by atoms with E-state index in [1.807, 2.05) is 0 Å². The highest BCUT2D eigenvalue weighted by molar-refractivity contribution is 7.92. The minimum atomic E-state index is -4.93. The second kappa shape index (κ2) is 10.3. The average Bonchev–Trinajstić information content (AvgIpc) is 2.69. The molecule has 182 valence electrons. The molecule has 0 heterocycles. The van der Waals surface area contributed by atoms with Crippen LogP contribution in [-0.2, 0) is 14.8 Å². The maximum absolute atomic E-state index is 12.9. The number of methoxy groups -OCH3 is 1. The summed E-state index contributed by atoms with van der Waals surface area (Å²) in [6.45, 7) is 4.58. The highest BCUT2D eigenvalue weighted by Gasteiger charge is 2.32. The highest BCUT2D eigenvalue weighted by atomic mass is 32.2. The van der Waals surface area contributed by atoms with E-state index in [0.717, 1.165) is 6.07 Å². The Balaban J connectivity index is 2.31. The molecule has 1 amide bonds. The molecule has 0 radical (unpaired) electrons. The summed E-state index contributed by atoms with van der Waals surface area (Å²) in [5.41, 5.74) is 0.253. The number of alkyl halides is 3. The second-order valence-electron chi connectivity index (χ2n) is 7.52. The lowest BCUT2D eigenvalue weighted by Crippen LogP contribution is -2.29. The number of nitrogens with one attached hydrogen (secondary N) is 2. The minimum Gasteiger partial charge on any atom is -0.495 e. The standard InChI is InChI=1S/C21H25F3N2O6S/c1-12(2)16(11-27)20(28)25-14-7-8-19(18(9-14)31-4)33(29,30)26-15-6-5-13(3)17(10-15)32-21(22,23)24/h5-10,12,16,26-27H,11H2,1-4H3,(H,25,28)/t16-/m0/s1. The molecule has 0 fully saturated rings. The first-order valence-corrected chi connectivity index (χ1v) is 11.2. The van der Waals surface area contributed by atoms with Gasteiger partial charge in [-0.3, -0.25) is 9.52 Å². The second-order valence-corrected chi connectivity index (χ2v) is 9.17. The van der Waals surface area contributed by atoms with E-state index < -0.39 is 34.0 Å². The lowest BCUT2D eigenvalue weighted by Gasteiger charge is -2.18. The number of sulfonamides is 1. The molecule has 3 N–H and O–H groups in total. The Kier molecular flexibility index (Phi) is 8.20. The van der Waals surface area contributed by atoms with Crippen molar-refractivity contribution in [3.05, 3.63) is 42.0 Å². The van der Waals surface area contributed by atoms with E-state index in [2.05, 4.69) is 14.8 Å². The van der Waals surface area contributed by atoms with Gasteiger partial charge in [0.2, 0.25) is 5.91 Å². The number of amides is 1. The number of carbonyl (C=O) groups is 1. The lowest BCUT2D eigenvalue weighted by atomic mass is 9.96. The van der Waals surface area contributed by atoms with Crippen LogP contribution in [0.2, 0.25) is 0 Å². The molecule has 0 aliphatic carbocycles. The molecule has 2 rings (SSSR count). The fourth-order valence-electron chi connectivity index (χ4n) is 2.91. The number of rotatable bonds is 9. The molecule has 8 nitrogen and oxygen atoms in total. The number of anilines is 2. The van der Waals surface area contributed by atoms with E-state index in [4.69, 9.17) is 4.74 Å². The van der Waals surface area contributed by atoms with E-state index in [0.29, 0.717) is 0 Å². The van der Waals surface area contributed by atoms with Crippen LogP contribution in [0.5, 0.6) is 11.5 Å². The van der Waals surface area contributed by atoms with Crippen LogP contribution in [0, 0.1) is 18.8 Å². The zero-order valence-electron chi connectivity index (χ0n) is 18.4. The monoisotopic (exact) mass is 490 g/mol. The number of hydrogen-bond acceptors (Lipinski definition) is 6. The third-order valence-corrected chi connectivity index (χ3v) is 6.15. The Bertz CT molecular complexity index is 1100. The number of carbonyl (C=O) groups excluding carboxylic acids is 1. The van der Waals surface area contributed by atoms with Crippen LogP contribution in [0.1, 0.15) is 19.4 Å². The Hall–Kier alpha value is -2.99. The fraction of sp³-hybridized carbons (Fsp3) is 0.381. The first-order valence-electron chi connectivity index (χ1n) is 9.76. The molecule has 0 unspecified atom stereocenters. The quantitative estimate of drug-likeness (QED) is 0.491. The maximum atomic E-state index is 12.9. The van der Waals surface area contributed by atoms with Gasteiger partial charge in [-0.25, -0.2) is 8.42 Å². The van der Waals surface area contributed by atoms with Gasteiger partial charge in [-0.2, -0.15) is 0 Å². The number of hydrogen-bond donors (Lipinski definition) is 3. The van der Waals surface area contributed by atoms with Gasteiger partial charge in [0.05, 0.1) is 25.3 Å². The summed E-state index contributed by atoms with van der Waals surface area (Å²) >= 11 is 0. The van der Waals surface area contributed by atoms with Crippen molar-refractivity contribution in [2.45, 2.75) is 32.0 Å². The average molecular weight is 491 g/mol. The summed E-state index contributed by atoms with van der Waals surface area (Å²) < 4.78 is 74.7. The maximum Gasteiger partial charge on any atom is 0.573 e. The van der Waals surface area contributed by atoms with E-state index in [9.17, 15) is 31.5 Å². The Labute approximate surface area is 189 Å². The number of ether oxygens (including phenoxy) is 2. The first-order chi connectivity index (χ1) is 15.3. The van der Waals surface area contributed by atoms with Crippen molar-refractivity contribution >= 4 is 27.3 Å². The Morgan fingerprint density at radius 2 is 1.70 bits per heavy atom. The molecule has 1 atom stereocenters. The summed E-state index contributed by atoms with van der Waals surface area (Å²) in [6.07, 6.45) is -4.93. The topological polar surface area (TPSA) is 114 Å². The van der Waals surface area contributed by atoms with E-state index in [1.165, 1.54) is 44.4 Å². The van der Waals surface area contributed by atoms with Crippen molar-refractivity contribution in [2.24, 2.45) is 11.8 Å². The van der Waals surface area contributed by atoms with E-state index in [-0.39, 0.29) is 40.1 Å². The minimum absolute atomic E-state index is 0.107. The molecule has 2 aromatic carbocycles. The van der Waals surface area contributed by atoms with Gasteiger partial charge in [0, 0.05) is 17.8 Å². The number of benzene rings is 2. The number of halogens is 3. The van der Waals surface area contributed by atoms with Crippen LogP contribution in [0.15, 0.2) is 41.3 Å². The van der Waals surface area contributed by atoms with Crippen molar-refractivity contribution in [3.8, 4) is 11.5 Å². The van der Waals surface area contributed by atoms with Crippen molar-refractivity contribution < 1.29 is 41.0 Å². The third kappa shape index (κ3) is 6.99. The number of aliphatic hydroxyl groups is 1. The molecule has 2 aromatic rings. The highest BCUT2D eigenvalue weighted by Crippen LogP contribution is 2.32. The Morgan fingerprint density at radius 3 is 2.24 bits per heavy atom. The fourth-order valence-corrected chi connectivity index (χ4v) is 4.11. The van der Waals surface area contributed by atoms with Crippen molar-refractivity contribution in [3.63, 3.8) is 0 Å². The van der Waals surface area contributed by atoms with Crippen LogP contribution in [0.3, 0.4) is 0 Å². The van der Waals surface area contributed by atoms with Crippen LogP contribution < -0.4 is 19.5 Å². The molecule has 0 spiro atoms. The predicted molar refractivity (Wildman–Crippen MR) is 116 cm³/mol. The zero-order chi connectivity index (χ0) is 25.0. The van der Waals surface area contributed by atoms with Crippen LogP contribution >= 0.6 is 0 Å². The molecule has 12 heteroatoms. The van der Waals surface area contributed by atoms with Gasteiger partial charge in [-0.05, 0) is 36.6 Å². The van der Waals surface area contributed by atoms with Gasteiger partial charge in [-0.15, -0.1) is 13.2 Å². The van der Waals surface area contributed by atoms with Gasteiger partial charge in [-0.1, -0.05) is 19.9 Å². The summed E-state index contributed by atoms with van der Waals surface area (Å²) in [4.78, 5) is 12.0. The lowest BCUT2D eigenvalue weighted by molar-refractivity contribution is -0.274. The van der Waals surface area contributed by atoms with E-state index >= 15 is 0 Å². The normalized spacial score (nSPS) is 12.9. The van der Waals surface area contributed by atoms with Gasteiger partial charge < -0.3 is 19.9 Å². The summed E-state index contributed by atoms with van der Waals surface area (Å²) in [6, 6.07) is 7.29. The summed E-state index contributed by atoms with van der Waals surface area (Å²) in [5.74, 6) is -1.88. The van der Waals surface area contributed by atoms with Gasteiger partial charge in [0.1, 0.15) is 16.4 Å². The molecular weight excluding hydrogens is 465 g/mol. The molecule has 33 heavy (non-hydrogen) atoms. The van der Waals surface area contributed by atoms with Crippen molar-refractivity contribution in [1.82, 2.24) is 0 Å². The molecule has 0 aromatic heterocycles. The van der Waals surface area contributed by atoms with Crippen LogP contribution in [0.4, 0.5) is 24.5 Å². The molecule has 0 saturated heterocycles. The van der Waals surface area contributed by atoms with Gasteiger partial charge >= 0.3 is 6.36 Å². The molecule has 0 aliphatic heterocycles. The molecular formula is C21H25F3N2O6S. The number of aryl methyl sites for hydroxylation is 1. The smallest absolute Gasteiger partial charge is 0.495 e. The SMILES string of the molecule is COc1cc(NC(=O)[C@@H](CO)C(C)C)ccc1S(=O)(=O)Nc1ccc(C)c(OC(F)(F)F)c1. The van der Waals surface area contributed by atoms with Crippen LogP contribution in [-0.4, -0.2) is 39.5 Å². The zero-order valence-corrected chi connectivity index (χ0v) is 19.2. The summed E-state index contributed by atoms with van der Waals surface area (Å²) in [5, 5.41) is 12.0. The van der Waals surface area contributed by atoms with E-state index in [1.54, 1.807) is 13.8 Å².